The molecule has 0 aromatic rings. The summed E-state index contributed by atoms with van der Waals surface area (Å²) in [7, 11) is 2.96. The van der Waals surface area contributed by atoms with E-state index < -0.39 is 5.97 Å². The summed E-state index contributed by atoms with van der Waals surface area (Å²) in [6.07, 6.45) is 1.53. The zero-order chi connectivity index (χ0) is 13.5. The fraction of sp³-hybridized carbons (Fsp3) is 0.833. The third-order valence-corrected chi connectivity index (χ3v) is 3.07. The van der Waals surface area contributed by atoms with Crippen molar-refractivity contribution in [2.75, 3.05) is 33.9 Å². The SMILES string of the molecule is CCCN(CC(=O)OC)C(=O)C1CC(OC)CN1. The van der Waals surface area contributed by atoms with Crippen molar-refractivity contribution >= 4 is 11.9 Å². The van der Waals surface area contributed by atoms with Crippen LogP contribution in [0.15, 0.2) is 0 Å². The molecule has 1 rings (SSSR count). The average Bonchev–Trinajstić information content (AvgIpc) is 2.85. The monoisotopic (exact) mass is 258 g/mol. The van der Waals surface area contributed by atoms with Crippen molar-refractivity contribution in [2.45, 2.75) is 31.9 Å². The molecule has 1 fully saturated rings. The molecule has 0 aromatic heterocycles. The molecule has 1 aliphatic rings. The van der Waals surface area contributed by atoms with E-state index in [1.54, 1.807) is 12.0 Å². The fourth-order valence-corrected chi connectivity index (χ4v) is 2.05. The Morgan fingerprint density at radius 2 is 2.11 bits per heavy atom. The number of nitrogens with zero attached hydrogens (tertiary/aromatic N) is 1. The van der Waals surface area contributed by atoms with Crippen LogP contribution in [0.2, 0.25) is 0 Å². The molecule has 6 heteroatoms. The van der Waals surface area contributed by atoms with Gasteiger partial charge in [0.15, 0.2) is 0 Å². The van der Waals surface area contributed by atoms with Crippen LogP contribution in [0.3, 0.4) is 0 Å². The van der Waals surface area contributed by atoms with Crippen LogP contribution < -0.4 is 5.32 Å². The molecule has 18 heavy (non-hydrogen) atoms. The van der Waals surface area contributed by atoms with Gasteiger partial charge >= 0.3 is 5.97 Å². The van der Waals surface area contributed by atoms with Crippen molar-refractivity contribution in [3.8, 4) is 0 Å². The van der Waals surface area contributed by atoms with E-state index in [9.17, 15) is 9.59 Å². The number of carbonyl (C=O) groups excluding carboxylic acids is 2. The maximum absolute atomic E-state index is 12.2. The lowest BCUT2D eigenvalue weighted by molar-refractivity contribution is -0.147. The average molecular weight is 258 g/mol. The quantitative estimate of drug-likeness (QED) is 0.667. The van der Waals surface area contributed by atoms with E-state index in [4.69, 9.17) is 4.74 Å². The van der Waals surface area contributed by atoms with E-state index in [0.29, 0.717) is 19.5 Å². The van der Waals surface area contributed by atoms with Crippen LogP contribution in [-0.2, 0) is 19.1 Å². The van der Waals surface area contributed by atoms with Gasteiger partial charge in [0.05, 0.1) is 19.3 Å². The van der Waals surface area contributed by atoms with Crippen molar-refractivity contribution in [1.29, 1.82) is 0 Å². The minimum Gasteiger partial charge on any atom is -0.468 e. The molecule has 1 N–H and O–H groups in total. The van der Waals surface area contributed by atoms with Gasteiger partial charge in [-0.3, -0.25) is 9.59 Å². The second-order valence-electron chi connectivity index (χ2n) is 4.39. The van der Waals surface area contributed by atoms with Crippen molar-refractivity contribution in [1.82, 2.24) is 10.2 Å². The number of esters is 1. The molecule has 0 saturated carbocycles. The highest BCUT2D eigenvalue weighted by Crippen LogP contribution is 2.12. The van der Waals surface area contributed by atoms with E-state index in [-0.39, 0.29) is 24.6 Å². The second-order valence-corrected chi connectivity index (χ2v) is 4.39. The number of methoxy groups -OCH3 is 2. The lowest BCUT2D eigenvalue weighted by Crippen LogP contribution is -2.46. The van der Waals surface area contributed by atoms with Gasteiger partial charge in [-0.05, 0) is 12.8 Å². The van der Waals surface area contributed by atoms with Crippen LogP contribution in [0.1, 0.15) is 19.8 Å². The molecule has 1 aliphatic heterocycles. The van der Waals surface area contributed by atoms with Crippen molar-refractivity contribution in [3.63, 3.8) is 0 Å². The molecular formula is C12H22N2O4. The first-order valence-electron chi connectivity index (χ1n) is 6.24. The van der Waals surface area contributed by atoms with Gasteiger partial charge < -0.3 is 19.7 Å². The van der Waals surface area contributed by atoms with Gasteiger partial charge in [0.2, 0.25) is 5.91 Å². The third kappa shape index (κ3) is 3.96. The lowest BCUT2D eigenvalue weighted by Gasteiger charge is -2.24. The first-order chi connectivity index (χ1) is 8.62. The first-order valence-corrected chi connectivity index (χ1v) is 6.24. The Balaban J connectivity index is 2.56. The predicted molar refractivity (Wildman–Crippen MR) is 66.1 cm³/mol. The van der Waals surface area contributed by atoms with Gasteiger partial charge in [0.25, 0.3) is 0 Å². The number of rotatable bonds is 6. The Bertz CT molecular complexity index is 296. The molecule has 1 amide bonds. The van der Waals surface area contributed by atoms with Crippen LogP contribution in [0.25, 0.3) is 0 Å². The number of hydrogen-bond acceptors (Lipinski definition) is 5. The molecule has 0 radical (unpaired) electrons. The molecule has 6 nitrogen and oxygen atoms in total. The second kappa shape index (κ2) is 7.33. The van der Waals surface area contributed by atoms with Crippen LogP contribution in [0.4, 0.5) is 0 Å². The normalized spacial score (nSPS) is 22.8. The summed E-state index contributed by atoms with van der Waals surface area (Å²) in [5, 5.41) is 3.12. The highest BCUT2D eigenvalue weighted by atomic mass is 16.5. The molecular weight excluding hydrogens is 236 g/mol. The summed E-state index contributed by atoms with van der Waals surface area (Å²) in [5.74, 6) is -0.445. The van der Waals surface area contributed by atoms with E-state index in [2.05, 4.69) is 10.1 Å². The van der Waals surface area contributed by atoms with Crippen molar-refractivity contribution in [2.24, 2.45) is 0 Å². The Hall–Kier alpha value is -1.14. The molecule has 0 aromatic carbocycles. The largest absolute Gasteiger partial charge is 0.468 e. The topological polar surface area (TPSA) is 67.9 Å². The van der Waals surface area contributed by atoms with E-state index >= 15 is 0 Å². The Morgan fingerprint density at radius 3 is 2.61 bits per heavy atom. The van der Waals surface area contributed by atoms with Gasteiger partial charge in [0.1, 0.15) is 6.54 Å². The third-order valence-electron chi connectivity index (χ3n) is 3.07. The van der Waals surface area contributed by atoms with Crippen molar-refractivity contribution in [3.05, 3.63) is 0 Å². The standard InChI is InChI=1S/C12H22N2O4/c1-4-5-14(8-11(15)18-3)12(16)10-6-9(17-2)7-13-10/h9-10,13H,4-8H2,1-3H3. The molecule has 104 valence electrons. The maximum Gasteiger partial charge on any atom is 0.325 e. The minimum absolute atomic E-state index is 0.0129. The summed E-state index contributed by atoms with van der Waals surface area (Å²) >= 11 is 0. The van der Waals surface area contributed by atoms with Crippen LogP contribution in [0.5, 0.6) is 0 Å². The highest BCUT2D eigenvalue weighted by molar-refractivity contribution is 5.86. The summed E-state index contributed by atoms with van der Waals surface area (Å²) in [4.78, 5) is 25.1. The Morgan fingerprint density at radius 1 is 1.39 bits per heavy atom. The number of carbonyl (C=O) groups is 2. The van der Waals surface area contributed by atoms with E-state index in [1.165, 1.54) is 7.11 Å². The zero-order valence-electron chi connectivity index (χ0n) is 11.3. The molecule has 2 unspecified atom stereocenters. The van der Waals surface area contributed by atoms with Crippen LogP contribution in [0, 0.1) is 0 Å². The summed E-state index contributed by atoms with van der Waals surface area (Å²) in [6.45, 7) is 3.21. The van der Waals surface area contributed by atoms with E-state index in [1.807, 2.05) is 6.92 Å². The molecule has 2 atom stereocenters. The molecule has 0 bridgehead atoms. The summed E-state index contributed by atoms with van der Waals surface area (Å²) in [5.41, 5.74) is 0. The molecule has 0 spiro atoms. The van der Waals surface area contributed by atoms with Gasteiger partial charge in [-0.15, -0.1) is 0 Å². The number of hydrogen-bond donors (Lipinski definition) is 1. The predicted octanol–water partition coefficient (Wildman–Crippen LogP) is -0.225. The minimum atomic E-state index is -0.391. The van der Waals surface area contributed by atoms with Crippen molar-refractivity contribution < 1.29 is 19.1 Å². The van der Waals surface area contributed by atoms with E-state index in [0.717, 1.165) is 6.42 Å². The van der Waals surface area contributed by atoms with Crippen LogP contribution in [-0.4, -0.2) is 62.8 Å². The Kier molecular flexibility index (Phi) is 6.07. The summed E-state index contributed by atoms with van der Waals surface area (Å²) < 4.78 is 9.81. The number of nitrogens with one attached hydrogen (secondary N) is 1. The maximum atomic E-state index is 12.2. The fourth-order valence-electron chi connectivity index (χ4n) is 2.05. The van der Waals surface area contributed by atoms with Gasteiger partial charge in [-0.1, -0.05) is 6.92 Å². The van der Waals surface area contributed by atoms with Gasteiger partial charge in [-0.2, -0.15) is 0 Å². The molecule has 1 heterocycles. The lowest BCUT2D eigenvalue weighted by atomic mass is 10.1. The molecule has 1 saturated heterocycles. The molecule has 0 aliphatic carbocycles. The summed E-state index contributed by atoms with van der Waals surface area (Å²) in [6, 6.07) is -0.258. The zero-order valence-corrected chi connectivity index (χ0v) is 11.3. The number of amides is 1. The smallest absolute Gasteiger partial charge is 0.325 e. The van der Waals surface area contributed by atoms with Gasteiger partial charge in [0, 0.05) is 20.2 Å². The first kappa shape index (κ1) is 14.9. The van der Waals surface area contributed by atoms with Gasteiger partial charge in [-0.25, -0.2) is 0 Å². The Labute approximate surface area is 108 Å². The van der Waals surface area contributed by atoms with Crippen LogP contribution >= 0.6 is 0 Å². The highest BCUT2D eigenvalue weighted by Gasteiger charge is 2.32. The number of ether oxygens (including phenoxy) is 2.